The number of quaternary nitrogens is 2. The second-order valence-electron chi connectivity index (χ2n) is 9.28. The summed E-state index contributed by atoms with van der Waals surface area (Å²) in [6.45, 7) is 5.06. The fraction of sp³-hybridized carbons (Fsp3) is 1.00. The third-order valence-electron chi connectivity index (χ3n) is 7.31. The average molecular weight is 369 g/mol. The predicted octanol–water partition coefficient (Wildman–Crippen LogP) is -2.23. The maximum atomic E-state index is 6.09. The van der Waals surface area contributed by atoms with E-state index >= 15 is 0 Å². The molecule has 4 fully saturated rings. The predicted molar refractivity (Wildman–Crippen MR) is 101 cm³/mol. The SMILES string of the molecule is CN(C)C1CCC(C2NOC(C3CCCN3C3CC[NH+](C)CC3)N2)C[NH2+]1. The molecule has 0 aromatic rings. The second kappa shape index (κ2) is 8.39. The third kappa shape index (κ3) is 4.09. The van der Waals surface area contributed by atoms with Crippen molar-refractivity contribution in [3.63, 3.8) is 0 Å². The molecule has 0 aliphatic carbocycles. The van der Waals surface area contributed by atoms with Crippen molar-refractivity contribution >= 4 is 0 Å². The van der Waals surface area contributed by atoms with E-state index in [1.807, 2.05) is 0 Å². The highest BCUT2D eigenvalue weighted by atomic mass is 16.7. The third-order valence-corrected chi connectivity index (χ3v) is 7.31. The summed E-state index contributed by atoms with van der Waals surface area (Å²) in [5.41, 5.74) is 3.35. The molecule has 0 aromatic carbocycles. The Morgan fingerprint density at radius 2 is 1.92 bits per heavy atom. The topological polar surface area (TPSA) is 60.8 Å². The van der Waals surface area contributed by atoms with Crippen LogP contribution in [0, 0.1) is 5.92 Å². The number of hydroxylamine groups is 1. The van der Waals surface area contributed by atoms with E-state index in [4.69, 9.17) is 4.84 Å². The van der Waals surface area contributed by atoms with Crippen LogP contribution in [0.1, 0.15) is 38.5 Å². The molecule has 4 aliphatic heterocycles. The van der Waals surface area contributed by atoms with E-state index in [0.29, 0.717) is 24.3 Å². The van der Waals surface area contributed by atoms with Crippen molar-refractivity contribution in [1.29, 1.82) is 0 Å². The molecule has 5 atom stereocenters. The summed E-state index contributed by atoms with van der Waals surface area (Å²) in [5, 5.41) is 6.30. The number of likely N-dealkylation sites (tertiary alicyclic amines) is 2. The van der Waals surface area contributed by atoms with E-state index < -0.39 is 0 Å². The van der Waals surface area contributed by atoms with Crippen LogP contribution in [0.15, 0.2) is 0 Å². The minimum atomic E-state index is 0.154. The van der Waals surface area contributed by atoms with Gasteiger partial charge in [-0.2, -0.15) is 5.48 Å². The summed E-state index contributed by atoms with van der Waals surface area (Å²) in [5.74, 6) is 0.651. The molecule has 0 aromatic heterocycles. The van der Waals surface area contributed by atoms with Crippen LogP contribution < -0.4 is 21.0 Å². The summed E-state index contributed by atoms with van der Waals surface area (Å²) in [6.07, 6.45) is 8.90. The molecule has 0 bridgehead atoms. The summed E-state index contributed by atoms with van der Waals surface area (Å²) in [7, 11) is 6.70. The van der Waals surface area contributed by atoms with Gasteiger partial charge in [0, 0.05) is 31.2 Å². The van der Waals surface area contributed by atoms with Gasteiger partial charge in [0.2, 0.25) is 0 Å². The highest BCUT2D eigenvalue weighted by molar-refractivity contribution is 4.93. The van der Waals surface area contributed by atoms with Crippen LogP contribution in [0.2, 0.25) is 0 Å². The van der Waals surface area contributed by atoms with Crippen molar-refractivity contribution in [3.8, 4) is 0 Å². The van der Waals surface area contributed by atoms with Gasteiger partial charge in [-0.1, -0.05) is 0 Å². The molecule has 4 saturated heterocycles. The maximum absolute atomic E-state index is 6.09. The Kier molecular flexibility index (Phi) is 6.15. The Balaban J connectivity index is 1.29. The molecule has 5 unspecified atom stereocenters. The zero-order chi connectivity index (χ0) is 18.1. The van der Waals surface area contributed by atoms with Crippen LogP contribution in [0.3, 0.4) is 0 Å². The molecule has 26 heavy (non-hydrogen) atoms. The molecular formula is C19H40N6O+2. The minimum Gasteiger partial charge on any atom is -0.337 e. The van der Waals surface area contributed by atoms with Crippen LogP contribution in [-0.4, -0.2) is 87.8 Å². The lowest BCUT2D eigenvalue weighted by Gasteiger charge is -2.38. The molecule has 4 rings (SSSR count). The lowest BCUT2D eigenvalue weighted by Crippen LogP contribution is -3.10. The van der Waals surface area contributed by atoms with E-state index in [1.54, 1.807) is 4.90 Å². The monoisotopic (exact) mass is 368 g/mol. The molecule has 150 valence electrons. The summed E-state index contributed by atoms with van der Waals surface area (Å²) in [4.78, 5) is 12.9. The second-order valence-corrected chi connectivity index (χ2v) is 9.28. The van der Waals surface area contributed by atoms with E-state index in [1.165, 1.54) is 64.7 Å². The number of piperidine rings is 2. The summed E-state index contributed by atoms with van der Waals surface area (Å²) in [6, 6.07) is 1.30. The highest BCUT2D eigenvalue weighted by Crippen LogP contribution is 2.28. The first-order chi connectivity index (χ1) is 12.6. The van der Waals surface area contributed by atoms with E-state index in [9.17, 15) is 0 Å². The number of nitrogens with two attached hydrogens (primary N) is 1. The normalized spacial score (nSPS) is 45.5. The van der Waals surface area contributed by atoms with Gasteiger partial charge in [0.1, 0.15) is 12.4 Å². The Labute approximate surface area is 158 Å². The van der Waals surface area contributed by atoms with Gasteiger partial charge in [-0.05, 0) is 39.9 Å². The van der Waals surface area contributed by atoms with Gasteiger partial charge in [-0.15, -0.1) is 0 Å². The number of hydrogen-bond acceptors (Lipinski definition) is 5. The smallest absolute Gasteiger partial charge is 0.146 e. The van der Waals surface area contributed by atoms with Gasteiger partial charge in [-0.25, -0.2) is 0 Å². The van der Waals surface area contributed by atoms with Gasteiger partial charge in [-0.3, -0.25) is 20.0 Å². The molecule has 0 radical (unpaired) electrons. The zero-order valence-electron chi connectivity index (χ0n) is 16.9. The number of hydrogen-bond donors (Lipinski definition) is 4. The quantitative estimate of drug-likeness (QED) is 0.452. The standard InChI is InChI=1S/C19H38N6O/c1-23(2)17-7-6-14(13-20-17)18-21-19(26-22-18)16-5-4-10-25(16)15-8-11-24(3)12-9-15/h14-22H,4-13H2,1-3H3/p+2. The molecule has 4 heterocycles. The largest absolute Gasteiger partial charge is 0.337 e. The first-order valence-corrected chi connectivity index (χ1v) is 10.9. The van der Waals surface area contributed by atoms with Crippen LogP contribution in [0.25, 0.3) is 0 Å². The molecule has 7 heteroatoms. The van der Waals surface area contributed by atoms with E-state index in [2.05, 4.69) is 47.1 Å². The van der Waals surface area contributed by atoms with Crippen LogP contribution in [0.4, 0.5) is 0 Å². The van der Waals surface area contributed by atoms with Crippen LogP contribution >= 0.6 is 0 Å². The molecule has 7 nitrogen and oxygen atoms in total. The fourth-order valence-electron chi connectivity index (χ4n) is 5.56. The van der Waals surface area contributed by atoms with E-state index in [-0.39, 0.29) is 6.23 Å². The molecule has 0 spiro atoms. The Morgan fingerprint density at radius 1 is 1.12 bits per heavy atom. The number of nitrogens with one attached hydrogen (secondary N) is 3. The van der Waals surface area contributed by atoms with Crippen molar-refractivity contribution in [2.45, 2.75) is 69.2 Å². The molecule has 0 saturated carbocycles. The Bertz CT molecular complexity index is 447. The van der Waals surface area contributed by atoms with Crippen molar-refractivity contribution in [3.05, 3.63) is 0 Å². The van der Waals surface area contributed by atoms with Gasteiger partial charge < -0.3 is 10.2 Å². The zero-order valence-corrected chi connectivity index (χ0v) is 16.9. The fourth-order valence-corrected chi connectivity index (χ4v) is 5.56. The number of nitrogens with zero attached hydrogens (tertiary/aromatic N) is 2. The van der Waals surface area contributed by atoms with Gasteiger partial charge >= 0.3 is 0 Å². The van der Waals surface area contributed by atoms with E-state index in [0.717, 1.165) is 6.04 Å². The van der Waals surface area contributed by atoms with Gasteiger partial charge in [0.05, 0.1) is 38.9 Å². The lowest BCUT2D eigenvalue weighted by atomic mass is 9.94. The number of rotatable bonds is 4. The molecule has 5 N–H and O–H groups in total. The summed E-state index contributed by atoms with van der Waals surface area (Å²) < 4.78 is 0. The lowest BCUT2D eigenvalue weighted by molar-refractivity contribution is -0.885. The first kappa shape index (κ1) is 19.1. The Hall–Kier alpha value is -0.280. The van der Waals surface area contributed by atoms with Crippen molar-refractivity contribution in [2.75, 3.05) is 47.3 Å². The van der Waals surface area contributed by atoms with Gasteiger partial charge in [0.25, 0.3) is 0 Å². The van der Waals surface area contributed by atoms with Crippen molar-refractivity contribution in [2.24, 2.45) is 5.92 Å². The van der Waals surface area contributed by atoms with Crippen LogP contribution in [-0.2, 0) is 4.84 Å². The molecule has 4 aliphatic rings. The molecule has 0 amide bonds. The first-order valence-electron chi connectivity index (χ1n) is 10.9. The maximum Gasteiger partial charge on any atom is 0.146 e. The molecular weight excluding hydrogens is 328 g/mol. The summed E-state index contributed by atoms with van der Waals surface area (Å²) >= 11 is 0. The minimum absolute atomic E-state index is 0.154. The van der Waals surface area contributed by atoms with Gasteiger partial charge in [0.15, 0.2) is 0 Å². The van der Waals surface area contributed by atoms with Crippen LogP contribution in [0.5, 0.6) is 0 Å². The van der Waals surface area contributed by atoms with Crippen molar-refractivity contribution in [1.82, 2.24) is 20.6 Å². The highest BCUT2D eigenvalue weighted by Gasteiger charge is 2.43. The Morgan fingerprint density at radius 3 is 2.62 bits per heavy atom. The average Bonchev–Trinajstić information content (AvgIpc) is 3.32. The van der Waals surface area contributed by atoms with Crippen molar-refractivity contribution < 1.29 is 15.1 Å².